The molecule has 0 aliphatic rings. The highest BCUT2D eigenvalue weighted by Gasteiger charge is 2.12. The highest BCUT2D eigenvalue weighted by atomic mass is 16.1. The van der Waals surface area contributed by atoms with E-state index >= 15 is 0 Å². The summed E-state index contributed by atoms with van der Waals surface area (Å²) in [6, 6.07) is -0.207. The molecule has 0 aliphatic carbocycles. The SMILES string of the molecule is CCCCCCCCCCCCCCCCCCCCCC(N)C(=O)CCCCCCCCCCCCCCCCCCC. The summed E-state index contributed by atoms with van der Waals surface area (Å²) < 4.78 is 0. The maximum atomic E-state index is 12.4. The lowest BCUT2D eigenvalue weighted by molar-refractivity contribution is -0.120. The number of unbranched alkanes of at least 4 members (excludes halogenated alkanes) is 34. The van der Waals surface area contributed by atoms with Crippen molar-refractivity contribution < 1.29 is 4.79 Å². The van der Waals surface area contributed by atoms with Crippen LogP contribution in [0.4, 0.5) is 0 Å². The number of hydrogen-bond donors (Lipinski definition) is 1. The van der Waals surface area contributed by atoms with E-state index in [0.29, 0.717) is 12.2 Å². The normalized spacial score (nSPS) is 12.2. The van der Waals surface area contributed by atoms with Crippen molar-refractivity contribution >= 4 is 5.78 Å². The summed E-state index contributed by atoms with van der Waals surface area (Å²) in [4.78, 5) is 12.4. The van der Waals surface area contributed by atoms with Crippen molar-refractivity contribution in [1.29, 1.82) is 0 Å². The second-order valence-corrected chi connectivity index (χ2v) is 14.6. The number of hydrogen-bond acceptors (Lipinski definition) is 2. The lowest BCUT2D eigenvalue weighted by Crippen LogP contribution is -2.30. The van der Waals surface area contributed by atoms with Crippen molar-refractivity contribution in [1.82, 2.24) is 0 Å². The van der Waals surface area contributed by atoms with Gasteiger partial charge in [0.2, 0.25) is 0 Å². The molecule has 0 spiro atoms. The Bertz CT molecular complexity index is 532. The molecule has 0 rings (SSSR count). The fraction of sp³-hybridized carbons (Fsp3) is 0.976. The third kappa shape index (κ3) is 36.1. The van der Waals surface area contributed by atoms with Gasteiger partial charge in [0.05, 0.1) is 6.04 Å². The largest absolute Gasteiger partial charge is 0.322 e. The average molecular weight is 620 g/mol. The number of carbonyl (C=O) groups is 1. The van der Waals surface area contributed by atoms with Gasteiger partial charge in [-0.1, -0.05) is 239 Å². The van der Waals surface area contributed by atoms with Gasteiger partial charge in [0.1, 0.15) is 5.78 Å². The van der Waals surface area contributed by atoms with Crippen LogP contribution in [-0.2, 0) is 4.79 Å². The Morgan fingerprint density at radius 2 is 0.545 bits per heavy atom. The van der Waals surface area contributed by atoms with Crippen LogP contribution >= 0.6 is 0 Å². The van der Waals surface area contributed by atoms with E-state index in [-0.39, 0.29) is 6.04 Å². The zero-order valence-corrected chi connectivity index (χ0v) is 30.9. The van der Waals surface area contributed by atoms with Gasteiger partial charge in [0, 0.05) is 6.42 Å². The molecule has 0 fully saturated rings. The molecule has 0 bridgehead atoms. The predicted molar refractivity (Wildman–Crippen MR) is 200 cm³/mol. The molecule has 0 aromatic heterocycles. The van der Waals surface area contributed by atoms with E-state index in [4.69, 9.17) is 5.73 Å². The van der Waals surface area contributed by atoms with Crippen molar-refractivity contribution in [3.05, 3.63) is 0 Å². The summed E-state index contributed by atoms with van der Waals surface area (Å²) in [5, 5.41) is 0. The fourth-order valence-electron chi connectivity index (χ4n) is 6.81. The molecule has 1 atom stereocenters. The van der Waals surface area contributed by atoms with E-state index in [1.165, 1.54) is 218 Å². The molecule has 264 valence electrons. The summed E-state index contributed by atoms with van der Waals surface area (Å²) in [7, 11) is 0. The molecule has 44 heavy (non-hydrogen) atoms. The molecule has 2 nitrogen and oxygen atoms in total. The van der Waals surface area contributed by atoms with E-state index in [1.807, 2.05) is 0 Å². The molecule has 0 amide bonds. The van der Waals surface area contributed by atoms with Crippen molar-refractivity contribution in [2.75, 3.05) is 0 Å². The van der Waals surface area contributed by atoms with Gasteiger partial charge < -0.3 is 5.73 Å². The number of ketones is 1. The van der Waals surface area contributed by atoms with Crippen LogP contribution in [0, 0.1) is 0 Å². The highest BCUT2D eigenvalue weighted by Crippen LogP contribution is 2.17. The van der Waals surface area contributed by atoms with Crippen LogP contribution in [0.3, 0.4) is 0 Å². The zero-order chi connectivity index (χ0) is 32.0. The zero-order valence-electron chi connectivity index (χ0n) is 30.9. The highest BCUT2D eigenvalue weighted by molar-refractivity contribution is 5.83. The smallest absolute Gasteiger partial charge is 0.149 e. The monoisotopic (exact) mass is 620 g/mol. The van der Waals surface area contributed by atoms with Gasteiger partial charge in [0.15, 0.2) is 0 Å². The molecule has 0 aromatic carbocycles. The maximum Gasteiger partial charge on any atom is 0.149 e. The summed E-state index contributed by atoms with van der Waals surface area (Å²) in [5.41, 5.74) is 6.22. The Morgan fingerprint density at radius 3 is 0.795 bits per heavy atom. The lowest BCUT2D eigenvalue weighted by atomic mass is 9.99. The quantitative estimate of drug-likeness (QED) is 0.0695. The third-order valence-corrected chi connectivity index (χ3v) is 10.1. The molecule has 0 aromatic rings. The van der Waals surface area contributed by atoms with Gasteiger partial charge in [-0.25, -0.2) is 0 Å². The first-order valence-corrected chi connectivity index (χ1v) is 21.0. The maximum absolute atomic E-state index is 12.4. The molecule has 0 radical (unpaired) electrons. The van der Waals surface area contributed by atoms with Gasteiger partial charge >= 0.3 is 0 Å². The van der Waals surface area contributed by atoms with Crippen LogP contribution in [0.15, 0.2) is 0 Å². The Balaban J connectivity index is 3.25. The second kappa shape index (κ2) is 38.8. The number of nitrogens with two attached hydrogens (primary N) is 1. The molecular formula is C42H85NO. The van der Waals surface area contributed by atoms with Gasteiger partial charge in [-0.15, -0.1) is 0 Å². The van der Waals surface area contributed by atoms with Gasteiger partial charge in [-0.05, 0) is 12.8 Å². The Labute approximate surface area is 279 Å². The van der Waals surface area contributed by atoms with E-state index in [1.54, 1.807) is 0 Å². The summed E-state index contributed by atoms with van der Waals surface area (Å²) in [6.45, 7) is 4.59. The van der Waals surface area contributed by atoms with Gasteiger partial charge in [-0.3, -0.25) is 4.79 Å². The molecule has 2 N–H and O–H groups in total. The topological polar surface area (TPSA) is 43.1 Å². The molecular weight excluding hydrogens is 534 g/mol. The first-order chi connectivity index (χ1) is 21.7. The van der Waals surface area contributed by atoms with Gasteiger partial charge in [0.25, 0.3) is 0 Å². The number of Topliss-reactive ketones (excluding diaryl/α,β-unsaturated/α-hetero) is 1. The standard InChI is InChI=1S/C42H85NO/c1-3-5-7-9-11-13-15-17-19-21-22-24-25-27-29-31-33-35-37-39-41(43)42(44)40-38-36-34-32-30-28-26-23-20-18-16-14-12-10-8-6-4-2/h41H,3-40,43H2,1-2H3. The summed E-state index contributed by atoms with van der Waals surface area (Å²) >= 11 is 0. The second-order valence-electron chi connectivity index (χ2n) is 14.6. The van der Waals surface area contributed by atoms with Crippen LogP contribution in [0.1, 0.15) is 258 Å². The van der Waals surface area contributed by atoms with E-state index in [9.17, 15) is 4.79 Å². The minimum absolute atomic E-state index is 0.207. The van der Waals surface area contributed by atoms with Gasteiger partial charge in [-0.2, -0.15) is 0 Å². The minimum atomic E-state index is -0.207. The fourth-order valence-corrected chi connectivity index (χ4v) is 6.81. The number of carbonyl (C=O) groups excluding carboxylic acids is 1. The Morgan fingerprint density at radius 1 is 0.341 bits per heavy atom. The van der Waals surface area contributed by atoms with E-state index in [0.717, 1.165) is 19.3 Å². The van der Waals surface area contributed by atoms with Crippen molar-refractivity contribution in [3.63, 3.8) is 0 Å². The first-order valence-electron chi connectivity index (χ1n) is 21.0. The van der Waals surface area contributed by atoms with E-state index in [2.05, 4.69) is 13.8 Å². The van der Waals surface area contributed by atoms with Crippen molar-refractivity contribution in [3.8, 4) is 0 Å². The van der Waals surface area contributed by atoms with E-state index < -0.39 is 0 Å². The third-order valence-electron chi connectivity index (χ3n) is 10.1. The Hall–Kier alpha value is -0.370. The summed E-state index contributed by atoms with van der Waals surface area (Å²) in [6.07, 6.45) is 51.7. The average Bonchev–Trinajstić information content (AvgIpc) is 3.03. The van der Waals surface area contributed by atoms with Crippen LogP contribution in [0.2, 0.25) is 0 Å². The molecule has 0 aliphatic heterocycles. The van der Waals surface area contributed by atoms with Crippen molar-refractivity contribution in [2.45, 2.75) is 264 Å². The predicted octanol–water partition coefficient (Wildman–Crippen LogP) is 14.7. The van der Waals surface area contributed by atoms with Crippen LogP contribution in [-0.4, -0.2) is 11.8 Å². The number of rotatable bonds is 39. The molecule has 0 saturated carbocycles. The minimum Gasteiger partial charge on any atom is -0.322 e. The van der Waals surface area contributed by atoms with Crippen molar-refractivity contribution in [2.24, 2.45) is 5.73 Å². The van der Waals surface area contributed by atoms with Crippen LogP contribution in [0.5, 0.6) is 0 Å². The Kier molecular flexibility index (Phi) is 38.5. The summed E-state index contributed by atoms with van der Waals surface area (Å²) in [5.74, 6) is 0.313. The molecule has 0 heterocycles. The lowest BCUT2D eigenvalue weighted by Gasteiger charge is -2.10. The molecule has 1 unspecified atom stereocenters. The molecule has 2 heteroatoms. The first kappa shape index (κ1) is 43.6. The van der Waals surface area contributed by atoms with Crippen LogP contribution < -0.4 is 5.73 Å². The van der Waals surface area contributed by atoms with Crippen LogP contribution in [0.25, 0.3) is 0 Å². The molecule has 0 saturated heterocycles.